The van der Waals surface area contributed by atoms with Gasteiger partial charge in [-0.25, -0.2) is 0 Å². The van der Waals surface area contributed by atoms with Gasteiger partial charge < -0.3 is 19.3 Å². The monoisotopic (exact) mass is 247 g/mol. The van der Waals surface area contributed by atoms with Crippen molar-refractivity contribution in [1.82, 2.24) is 5.32 Å². The van der Waals surface area contributed by atoms with Gasteiger partial charge in [0.2, 0.25) is 0 Å². The number of hydrogen-bond acceptors (Lipinski definition) is 4. The fourth-order valence-electron chi connectivity index (χ4n) is 1.63. The number of rotatable bonds is 6. The van der Waals surface area contributed by atoms with Gasteiger partial charge in [-0.3, -0.25) is 0 Å². The van der Waals surface area contributed by atoms with Crippen LogP contribution < -0.4 is 5.32 Å². The Morgan fingerprint density at radius 3 is 2.72 bits per heavy atom. The molecule has 1 atom stereocenters. The van der Waals surface area contributed by atoms with E-state index < -0.39 is 5.60 Å². The zero-order valence-corrected chi connectivity index (χ0v) is 10.3. The molecule has 0 aromatic carbocycles. The fraction of sp³-hybridized carbons (Fsp3) is 0.286. The van der Waals surface area contributed by atoms with Gasteiger partial charge in [-0.1, -0.05) is 6.08 Å². The van der Waals surface area contributed by atoms with E-state index in [0.29, 0.717) is 18.8 Å². The fourth-order valence-corrected chi connectivity index (χ4v) is 1.63. The topological polar surface area (TPSA) is 58.5 Å². The molecule has 0 saturated carbocycles. The largest absolute Gasteiger partial charge is 0.466 e. The minimum absolute atomic E-state index is 0.420. The normalized spacial score (nSPS) is 15.0. The summed E-state index contributed by atoms with van der Waals surface area (Å²) in [7, 11) is 0. The van der Waals surface area contributed by atoms with E-state index in [9.17, 15) is 5.11 Å². The lowest BCUT2D eigenvalue weighted by atomic mass is 10.0. The summed E-state index contributed by atoms with van der Waals surface area (Å²) in [6.07, 6.45) is 7.01. The standard InChI is InChI=1S/C14H17NO3/c1-14(16,13-7-4-10-18-13)11-15-8-2-5-12-6-3-9-17-12/h2-7,9-10,15-16H,8,11H2,1H3/b5-2+. The molecule has 0 radical (unpaired) electrons. The predicted octanol–water partition coefficient (Wildman–Crippen LogP) is 2.38. The lowest BCUT2D eigenvalue weighted by Crippen LogP contribution is -2.35. The van der Waals surface area contributed by atoms with Gasteiger partial charge in [0.05, 0.1) is 12.5 Å². The van der Waals surface area contributed by atoms with Gasteiger partial charge >= 0.3 is 0 Å². The Labute approximate surface area is 106 Å². The van der Waals surface area contributed by atoms with Gasteiger partial charge in [-0.05, 0) is 37.3 Å². The third-order valence-electron chi connectivity index (χ3n) is 2.61. The molecule has 0 bridgehead atoms. The minimum atomic E-state index is -0.998. The van der Waals surface area contributed by atoms with Crippen LogP contribution in [0.2, 0.25) is 0 Å². The van der Waals surface area contributed by atoms with Gasteiger partial charge in [-0.15, -0.1) is 0 Å². The maximum Gasteiger partial charge on any atom is 0.136 e. The quantitative estimate of drug-likeness (QED) is 0.769. The van der Waals surface area contributed by atoms with Gasteiger partial charge in [0, 0.05) is 13.1 Å². The molecule has 2 heterocycles. The van der Waals surface area contributed by atoms with Gasteiger partial charge in [-0.2, -0.15) is 0 Å². The van der Waals surface area contributed by atoms with Crippen LogP contribution in [0, 0.1) is 0 Å². The average molecular weight is 247 g/mol. The highest BCUT2D eigenvalue weighted by atomic mass is 16.4. The molecule has 96 valence electrons. The molecule has 1 unspecified atom stereocenters. The van der Waals surface area contributed by atoms with Crippen molar-refractivity contribution in [3.63, 3.8) is 0 Å². The zero-order valence-electron chi connectivity index (χ0n) is 10.3. The summed E-state index contributed by atoms with van der Waals surface area (Å²) in [5, 5.41) is 13.3. The Bertz CT molecular complexity index is 469. The molecule has 0 amide bonds. The third kappa shape index (κ3) is 3.35. The number of aliphatic hydroxyl groups is 1. The molecule has 2 N–H and O–H groups in total. The molecule has 2 aromatic heterocycles. The first-order valence-corrected chi connectivity index (χ1v) is 5.85. The summed E-state index contributed by atoms with van der Waals surface area (Å²) in [5.74, 6) is 1.37. The lowest BCUT2D eigenvalue weighted by molar-refractivity contribution is 0.0353. The molecule has 0 aliphatic rings. The molecular formula is C14H17NO3. The van der Waals surface area contributed by atoms with Crippen molar-refractivity contribution in [2.24, 2.45) is 0 Å². The summed E-state index contributed by atoms with van der Waals surface area (Å²) in [6, 6.07) is 7.26. The van der Waals surface area contributed by atoms with E-state index in [4.69, 9.17) is 8.83 Å². The minimum Gasteiger partial charge on any atom is -0.466 e. The number of nitrogens with one attached hydrogen (secondary N) is 1. The molecule has 0 aliphatic heterocycles. The van der Waals surface area contributed by atoms with E-state index in [1.165, 1.54) is 0 Å². The van der Waals surface area contributed by atoms with Crippen molar-refractivity contribution < 1.29 is 13.9 Å². The van der Waals surface area contributed by atoms with Crippen molar-refractivity contribution in [2.45, 2.75) is 12.5 Å². The van der Waals surface area contributed by atoms with Crippen LogP contribution >= 0.6 is 0 Å². The summed E-state index contributed by atoms with van der Waals surface area (Å²) in [6.45, 7) is 2.79. The molecule has 0 spiro atoms. The van der Waals surface area contributed by atoms with Crippen LogP contribution in [0.1, 0.15) is 18.4 Å². The maximum atomic E-state index is 10.2. The van der Waals surface area contributed by atoms with Crippen LogP contribution in [0.5, 0.6) is 0 Å². The van der Waals surface area contributed by atoms with E-state index in [1.54, 1.807) is 31.6 Å². The maximum absolute atomic E-state index is 10.2. The Morgan fingerprint density at radius 2 is 2.06 bits per heavy atom. The highest BCUT2D eigenvalue weighted by Gasteiger charge is 2.25. The Kier molecular flexibility index (Phi) is 4.02. The Hall–Kier alpha value is -1.78. The van der Waals surface area contributed by atoms with Crippen molar-refractivity contribution in [2.75, 3.05) is 13.1 Å². The van der Waals surface area contributed by atoms with Gasteiger partial charge in [0.1, 0.15) is 17.1 Å². The third-order valence-corrected chi connectivity index (χ3v) is 2.61. The highest BCUT2D eigenvalue weighted by molar-refractivity contribution is 5.42. The molecule has 2 aromatic rings. The van der Waals surface area contributed by atoms with Crippen molar-refractivity contribution in [3.05, 3.63) is 54.4 Å². The van der Waals surface area contributed by atoms with Gasteiger partial charge in [0.15, 0.2) is 0 Å². The van der Waals surface area contributed by atoms with E-state index >= 15 is 0 Å². The molecule has 0 saturated heterocycles. The second-order valence-electron chi connectivity index (χ2n) is 4.30. The predicted molar refractivity (Wildman–Crippen MR) is 68.9 cm³/mol. The Morgan fingerprint density at radius 1 is 1.28 bits per heavy atom. The Balaban J connectivity index is 1.75. The molecule has 2 rings (SSSR count). The summed E-state index contributed by atoms with van der Waals surface area (Å²) >= 11 is 0. The highest BCUT2D eigenvalue weighted by Crippen LogP contribution is 2.19. The smallest absolute Gasteiger partial charge is 0.136 e. The second kappa shape index (κ2) is 5.71. The summed E-state index contributed by atoms with van der Waals surface area (Å²) in [4.78, 5) is 0. The molecular weight excluding hydrogens is 230 g/mol. The molecule has 0 fully saturated rings. The number of furan rings is 2. The zero-order chi connectivity index (χ0) is 12.8. The van der Waals surface area contributed by atoms with Crippen LogP contribution in [0.4, 0.5) is 0 Å². The first kappa shape index (κ1) is 12.7. The van der Waals surface area contributed by atoms with Crippen molar-refractivity contribution in [1.29, 1.82) is 0 Å². The molecule has 0 aliphatic carbocycles. The molecule has 18 heavy (non-hydrogen) atoms. The SMILES string of the molecule is CC(O)(CNC/C=C/c1ccco1)c1ccco1. The van der Waals surface area contributed by atoms with E-state index in [-0.39, 0.29) is 0 Å². The van der Waals surface area contributed by atoms with Crippen LogP contribution in [-0.2, 0) is 5.60 Å². The van der Waals surface area contributed by atoms with E-state index in [2.05, 4.69) is 5.32 Å². The molecule has 4 nitrogen and oxygen atoms in total. The summed E-state index contributed by atoms with van der Waals surface area (Å²) in [5.41, 5.74) is -0.998. The van der Waals surface area contributed by atoms with Crippen LogP contribution in [0.25, 0.3) is 6.08 Å². The average Bonchev–Trinajstić information content (AvgIpc) is 3.02. The first-order chi connectivity index (χ1) is 8.68. The van der Waals surface area contributed by atoms with Crippen LogP contribution in [-0.4, -0.2) is 18.2 Å². The van der Waals surface area contributed by atoms with E-state index in [0.717, 1.165) is 5.76 Å². The van der Waals surface area contributed by atoms with Crippen molar-refractivity contribution in [3.8, 4) is 0 Å². The molecule has 4 heteroatoms. The van der Waals surface area contributed by atoms with Crippen LogP contribution in [0.3, 0.4) is 0 Å². The van der Waals surface area contributed by atoms with E-state index in [1.807, 2.05) is 24.3 Å². The van der Waals surface area contributed by atoms with Crippen LogP contribution in [0.15, 0.2) is 51.7 Å². The second-order valence-corrected chi connectivity index (χ2v) is 4.30. The number of hydrogen-bond donors (Lipinski definition) is 2. The first-order valence-electron chi connectivity index (χ1n) is 5.85. The lowest BCUT2D eigenvalue weighted by Gasteiger charge is -2.20. The van der Waals surface area contributed by atoms with Crippen molar-refractivity contribution >= 4 is 6.08 Å². The van der Waals surface area contributed by atoms with Gasteiger partial charge in [0.25, 0.3) is 0 Å². The summed E-state index contributed by atoms with van der Waals surface area (Å²) < 4.78 is 10.4.